The fourth-order valence-corrected chi connectivity index (χ4v) is 0.957. The molecule has 62 valence electrons. The van der Waals surface area contributed by atoms with Gasteiger partial charge in [-0.1, -0.05) is 13.8 Å². The number of nitriles is 1. The summed E-state index contributed by atoms with van der Waals surface area (Å²) in [6.45, 7) is 5.03. The van der Waals surface area contributed by atoms with Crippen molar-refractivity contribution in [3.05, 3.63) is 0 Å². The Balaban J connectivity index is 0.000000461. The predicted molar refractivity (Wildman–Crippen MR) is 42.8 cm³/mol. The average Bonchev–Trinajstić information content (AvgIpc) is 2.42. The van der Waals surface area contributed by atoms with Gasteiger partial charge in [0.15, 0.2) is 0 Å². The number of hydrogen-bond donors (Lipinski definition) is 0. The van der Waals surface area contributed by atoms with Gasteiger partial charge in [-0.05, 0) is 6.42 Å². The zero-order valence-corrected chi connectivity index (χ0v) is 7.13. The minimum Gasteiger partial charge on any atom is -0.329 e. The Hall–Kier alpha value is -1.04. The highest BCUT2D eigenvalue weighted by molar-refractivity contribution is 5.78. The van der Waals surface area contributed by atoms with Gasteiger partial charge in [-0.25, -0.2) is 0 Å². The molecule has 1 fully saturated rings. The first kappa shape index (κ1) is 9.96. The van der Waals surface area contributed by atoms with Crippen molar-refractivity contribution in [3.8, 4) is 6.07 Å². The van der Waals surface area contributed by atoms with Gasteiger partial charge in [-0.15, -0.1) is 0 Å². The molecule has 1 saturated heterocycles. The lowest BCUT2D eigenvalue weighted by atomic mass is 10.4. The van der Waals surface area contributed by atoms with E-state index in [1.165, 1.54) is 0 Å². The second-order valence-electron chi connectivity index (χ2n) is 2.08. The molecule has 1 rings (SSSR count). The van der Waals surface area contributed by atoms with Crippen molar-refractivity contribution in [1.82, 2.24) is 4.90 Å². The third kappa shape index (κ3) is 3.03. The Morgan fingerprint density at radius 1 is 1.64 bits per heavy atom. The number of nitrogens with zero attached hydrogens (tertiary/aromatic N) is 2. The molecule has 0 N–H and O–H groups in total. The zero-order valence-electron chi connectivity index (χ0n) is 7.13. The summed E-state index contributed by atoms with van der Waals surface area (Å²) in [6.07, 6.45) is 1.54. The average molecular weight is 154 g/mol. The normalized spacial score (nSPS) is 15.4. The van der Waals surface area contributed by atoms with E-state index in [0.717, 1.165) is 13.0 Å². The van der Waals surface area contributed by atoms with E-state index in [4.69, 9.17) is 5.26 Å². The predicted octanol–water partition coefficient (Wildman–Crippen LogP) is 1.16. The van der Waals surface area contributed by atoms with Gasteiger partial charge in [0.2, 0.25) is 5.91 Å². The number of rotatable bonds is 1. The molecule has 11 heavy (non-hydrogen) atoms. The van der Waals surface area contributed by atoms with Crippen LogP contribution in [0.2, 0.25) is 0 Å². The lowest BCUT2D eigenvalue weighted by molar-refractivity contribution is -0.127. The minimum absolute atomic E-state index is 0.122. The van der Waals surface area contributed by atoms with Crippen LogP contribution in [0.1, 0.15) is 26.7 Å². The Morgan fingerprint density at radius 2 is 2.27 bits per heavy atom. The molecule has 0 radical (unpaired) electrons. The molecule has 1 aliphatic rings. The van der Waals surface area contributed by atoms with E-state index >= 15 is 0 Å². The van der Waals surface area contributed by atoms with Gasteiger partial charge in [0.05, 0.1) is 6.07 Å². The van der Waals surface area contributed by atoms with Gasteiger partial charge in [-0.3, -0.25) is 4.79 Å². The van der Waals surface area contributed by atoms with Gasteiger partial charge >= 0.3 is 0 Å². The molecule has 1 aliphatic heterocycles. The molecule has 0 aromatic rings. The molecular weight excluding hydrogens is 140 g/mol. The van der Waals surface area contributed by atoms with E-state index in [0.29, 0.717) is 6.42 Å². The molecular formula is C8H14N2O. The lowest BCUT2D eigenvalue weighted by Gasteiger charge is -2.08. The molecule has 0 aromatic heterocycles. The highest BCUT2D eigenvalue weighted by Gasteiger charge is 2.18. The molecule has 0 saturated carbocycles. The molecule has 0 unspecified atom stereocenters. The monoisotopic (exact) mass is 154 g/mol. The molecule has 1 heterocycles. The van der Waals surface area contributed by atoms with E-state index < -0.39 is 0 Å². The summed E-state index contributed by atoms with van der Waals surface area (Å²) in [6, 6.07) is 1.95. The van der Waals surface area contributed by atoms with E-state index in [9.17, 15) is 4.79 Å². The highest BCUT2D eigenvalue weighted by Crippen LogP contribution is 2.07. The van der Waals surface area contributed by atoms with Crippen LogP contribution in [0, 0.1) is 11.3 Å². The van der Waals surface area contributed by atoms with Crippen LogP contribution in [0.15, 0.2) is 0 Å². The fraction of sp³-hybridized carbons (Fsp3) is 0.750. The summed E-state index contributed by atoms with van der Waals surface area (Å²) in [4.78, 5) is 12.3. The maximum Gasteiger partial charge on any atom is 0.223 e. The summed E-state index contributed by atoms with van der Waals surface area (Å²) in [5.41, 5.74) is 0. The Labute approximate surface area is 67.6 Å². The molecule has 0 aromatic carbocycles. The number of hydrogen-bond acceptors (Lipinski definition) is 2. The maximum atomic E-state index is 10.7. The van der Waals surface area contributed by atoms with Crippen molar-refractivity contribution in [2.75, 3.05) is 13.1 Å². The summed E-state index contributed by atoms with van der Waals surface area (Å²) in [5.74, 6) is 0.122. The van der Waals surface area contributed by atoms with Crippen molar-refractivity contribution >= 4 is 5.91 Å². The molecule has 3 nitrogen and oxygen atoms in total. The third-order valence-corrected chi connectivity index (χ3v) is 1.43. The van der Waals surface area contributed by atoms with Crippen molar-refractivity contribution in [3.63, 3.8) is 0 Å². The van der Waals surface area contributed by atoms with Crippen LogP contribution in [0.25, 0.3) is 0 Å². The van der Waals surface area contributed by atoms with Crippen LogP contribution in [0.3, 0.4) is 0 Å². The standard InChI is InChI=1S/C6H8N2O.C2H6/c7-3-5-8-4-1-2-6(8)9;1-2/h1-2,4-5H2;1-2H3. The molecule has 0 bridgehead atoms. The van der Waals surface area contributed by atoms with Crippen molar-refractivity contribution in [2.45, 2.75) is 26.7 Å². The fourth-order valence-electron chi connectivity index (χ4n) is 0.957. The van der Waals surface area contributed by atoms with Gasteiger partial charge in [0.25, 0.3) is 0 Å². The van der Waals surface area contributed by atoms with Crippen LogP contribution < -0.4 is 0 Å². The highest BCUT2D eigenvalue weighted by atomic mass is 16.2. The first-order chi connectivity index (χ1) is 5.34. The summed E-state index contributed by atoms with van der Waals surface area (Å²) >= 11 is 0. The van der Waals surface area contributed by atoms with Gasteiger partial charge in [0, 0.05) is 13.0 Å². The zero-order chi connectivity index (χ0) is 8.69. The number of amides is 1. The van der Waals surface area contributed by atoms with E-state index in [-0.39, 0.29) is 12.5 Å². The Kier molecular flexibility index (Phi) is 5.18. The summed E-state index contributed by atoms with van der Waals surface area (Å²) in [5, 5.41) is 8.20. The Bertz CT molecular complexity index is 160. The summed E-state index contributed by atoms with van der Waals surface area (Å²) in [7, 11) is 0. The number of likely N-dealkylation sites (tertiary alicyclic amines) is 1. The molecule has 0 aliphatic carbocycles. The Morgan fingerprint density at radius 3 is 2.64 bits per heavy atom. The lowest BCUT2D eigenvalue weighted by Crippen LogP contribution is -2.24. The van der Waals surface area contributed by atoms with E-state index in [1.54, 1.807) is 4.90 Å². The quantitative estimate of drug-likeness (QED) is 0.532. The number of carbonyl (C=O) groups is 1. The van der Waals surface area contributed by atoms with Crippen LogP contribution in [0.5, 0.6) is 0 Å². The first-order valence-electron chi connectivity index (χ1n) is 3.99. The molecule has 0 spiro atoms. The first-order valence-corrected chi connectivity index (χ1v) is 3.99. The van der Waals surface area contributed by atoms with E-state index in [2.05, 4.69) is 0 Å². The van der Waals surface area contributed by atoms with Crippen molar-refractivity contribution in [2.24, 2.45) is 0 Å². The molecule has 0 atom stereocenters. The van der Waals surface area contributed by atoms with Crippen LogP contribution >= 0.6 is 0 Å². The number of carbonyl (C=O) groups excluding carboxylic acids is 1. The van der Waals surface area contributed by atoms with Crippen LogP contribution in [0.4, 0.5) is 0 Å². The van der Waals surface area contributed by atoms with Crippen LogP contribution in [-0.2, 0) is 4.79 Å². The summed E-state index contributed by atoms with van der Waals surface area (Å²) < 4.78 is 0. The minimum atomic E-state index is 0.122. The molecule has 3 heteroatoms. The van der Waals surface area contributed by atoms with Gasteiger partial charge < -0.3 is 4.90 Å². The van der Waals surface area contributed by atoms with E-state index in [1.807, 2.05) is 19.9 Å². The second-order valence-corrected chi connectivity index (χ2v) is 2.08. The topological polar surface area (TPSA) is 44.1 Å². The largest absolute Gasteiger partial charge is 0.329 e. The second kappa shape index (κ2) is 5.72. The van der Waals surface area contributed by atoms with Crippen molar-refractivity contribution < 1.29 is 4.79 Å². The van der Waals surface area contributed by atoms with Crippen LogP contribution in [-0.4, -0.2) is 23.9 Å². The molecule has 1 amide bonds. The SMILES string of the molecule is CC.N#CCN1CCCC1=O. The van der Waals surface area contributed by atoms with Crippen molar-refractivity contribution in [1.29, 1.82) is 5.26 Å². The third-order valence-electron chi connectivity index (χ3n) is 1.43. The maximum absolute atomic E-state index is 10.7. The van der Waals surface area contributed by atoms with Gasteiger partial charge in [0.1, 0.15) is 6.54 Å². The smallest absolute Gasteiger partial charge is 0.223 e. The van der Waals surface area contributed by atoms with Gasteiger partial charge in [-0.2, -0.15) is 5.26 Å².